The average molecular weight is 570 g/mol. The summed E-state index contributed by atoms with van der Waals surface area (Å²) in [5, 5.41) is 5.62. The van der Waals surface area contributed by atoms with Crippen molar-refractivity contribution < 1.29 is 33.3 Å². The normalized spacial score (nSPS) is 13.0. The van der Waals surface area contributed by atoms with E-state index >= 15 is 0 Å². The number of carbonyl (C=O) groups is 2. The van der Waals surface area contributed by atoms with E-state index in [0.29, 0.717) is 77.1 Å². The molecule has 1 saturated carbocycles. The molecule has 0 bridgehead atoms. The van der Waals surface area contributed by atoms with Crippen molar-refractivity contribution in [2.45, 2.75) is 51.2 Å². The number of benzene rings is 1. The van der Waals surface area contributed by atoms with Crippen LogP contribution < -0.4 is 10.6 Å². The predicted octanol–water partition coefficient (Wildman–Crippen LogP) is 3.45. The van der Waals surface area contributed by atoms with E-state index in [1.165, 1.54) is 32.1 Å². The molecule has 2 amide bonds. The summed E-state index contributed by atoms with van der Waals surface area (Å²) in [6.45, 7) is 3.99. The Morgan fingerprint density at radius 3 is 2.02 bits per heavy atom. The van der Waals surface area contributed by atoms with Gasteiger partial charge >= 0.3 is 0 Å². The lowest BCUT2D eigenvalue weighted by atomic mass is 9.87. The Bertz CT molecular complexity index is 981. The fraction of sp³-hybridized carbons (Fsp3) is 0.594. The zero-order chi connectivity index (χ0) is 29.4. The average Bonchev–Trinajstić information content (AvgIpc) is 3.00. The first-order valence-corrected chi connectivity index (χ1v) is 14.4. The van der Waals surface area contributed by atoms with Crippen LogP contribution in [0, 0.1) is 36.0 Å². The van der Waals surface area contributed by atoms with E-state index in [-0.39, 0.29) is 11.8 Å². The van der Waals surface area contributed by atoms with Crippen LogP contribution in [-0.2, 0) is 28.5 Å². The fourth-order valence-electron chi connectivity index (χ4n) is 4.18. The third-order valence-electron chi connectivity index (χ3n) is 6.40. The van der Waals surface area contributed by atoms with Gasteiger partial charge in [-0.05, 0) is 37.8 Å². The lowest BCUT2D eigenvalue weighted by molar-refractivity contribution is -0.115. The molecule has 9 nitrogen and oxygen atoms in total. The summed E-state index contributed by atoms with van der Waals surface area (Å²) in [6.07, 6.45) is 9.27. The Hall–Kier alpha value is -3.05. The van der Waals surface area contributed by atoms with Crippen LogP contribution in [-0.4, -0.2) is 78.8 Å². The second-order valence-corrected chi connectivity index (χ2v) is 9.57. The van der Waals surface area contributed by atoms with Crippen molar-refractivity contribution in [1.29, 1.82) is 0 Å². The number of hydrogen-bond donors (Lipinski definition) is 2. The Labute approximate surface area is 245 Å². The topological polar surface area (TPSA) is 104 Å². The van der Waals surface area contributed by atoms with Crippen LogP contribution in [0.15, 0.2) is 24.3 Å². The maximum Gasteiger partial charge on any atom is 0.298 e. The first-order chi connectivity index (χ1) is 20.1. The quantitative estimate of drug-likeness (QED) is 0.114. The van der Waals surface area contributed by atoms with Gasteiger partial charge in [0, 0.05) is 57.6 Å². The Morgan fingerprint density at radius 2 is 1.41 bits per heavy atom. The molecule has 0 atom stereocenters. The molecule has 0 unspecified atom stereocenters. The molecule has 0 aromatic heterocycles. The molecule has 1 aromatic carbocycles. The van der Waals surface area contributed by atoms with Crippen LogP contribution in [0.1, 0.15) is 67.2 Å². The minimum Gasteiger partial charge on any atom is -0.379 e. The van der Waals surface area contributed by atoms with E-state index in [1.54, 1.807) is 26.4 Å². The molecular weight excluding hydrogens is 524 g/mol. The summed E-state index contributed by atoms with van der Waals surface area (Å²) in [5.41, 5.74) is 1.43. The number of carbonyl (C=O) groups excluding carboxylic acids is 2. The highest BCUT2D eigenvalue weighted by molar-refractivity contribution is 5.94. The Morgan fingerprint density at radius 1 is 0.829 bits per heavy atom. The molecule has 1 aliphatic carbocycles. The molecule has 0 spiro atoms. The van der Waals surface area contributed by atoms with Crippen LogP contribution in [0.4, 0.5) is 0 Å². The standard InChI is InChI=1S/C32H44N2O7/c1-37-32(38-2)29-17-15-28(16-18-29)31(36)34-20-10-22-40-24-26-41-25-23-39-21-9-19-33-30(35)14-8-4-7-13-27-11-5-3-6-12-27/h13,15-18,27,32H,3,5-6,9-12,19-26H2,1-2H3,(H-,33,34,35,36)/p+1. The third kappa shape index (κ3) is 16.1. The summed E-state index contributed by atoms with van der Waals surface area (Å²) in [6, 6.07) is 7.12. The Balaban J connectivity index is 1.34. The zero-order valence-electron chi connectivity index (χ0n) is 24.5. The summed E-state index contributed by atoms with van der Waals surface area (Å²) >= 11 is 0. The minimum atomic E-state index is -0.446. The van der Waals surface area contributed by atoms with E-state index < -0.39 is 6.29 Å². The van der Waals surface area contributed by atoms with Gasteiger partial charge in [0.15, 0.2) is 12.2 Å². The van der Waals surface area contributed by atoms with Gasteiger partial charge in [-0.15, -0.1) is 0 Å². The van der Waals surface area contributed by atoms with E-state index in [4.69, 9.17) is 23.7 Å². The molecule has 9 heteroatoms. The van der Waals surface area contributed by atoms with Gasteiger partial charge in [0.1, 0.15) is 12.3 Å². The van der Waals surface area contributed by atoms with Crippen LogP contribution in [0.3, 0.4) is 0 Å². The monoisotopic (exact) mass is 569 g/mol. The first kappa shape index (κ1) is 34.2. The van der Waals surface area contributed by atoms with Crippen LogP contribution in [0.25, 0.3) is 0 Å². The van der Waals surface area contributed by atoms with Gasteiger partial charge in [-0.1, -0.05) is 31.4 Å². The smallest absolute Gasteiger partial charge is 0.298 e. The highest BCUT2D eigenvalue weighted by atomic mass is 16.7. The van der Waals surface area contributed by atoms with E-state index in [9.17, 15) is 9.59 Å². The molecule has 0 heterocycles. The van der Waals surface area contributed by atoms with Crippen molar-refractivity contribution in [1.82, 2.24) is 10.6 Å². The predicted molar refractivity (Wildman–Crippen MR) is 157 cm³/mol. The van der Waals surface area contributed by atoms with Crippen molar-refractivity contribution in [3.05, 3.63) is 41.8 Å². The molecule has 224 valence electrons. The van der Waals surface area contributed by atoms with Crippen molar-refractivity contribution in [3.8, 4) is 23.7 Å². The highest BCUT2D eigenvalue weighted by Gasteiger charge is 2.16. The maximum atomic E-state index is 12.2. The van der Waals surface area contributed by atoms with Gasteiger partial charge in [0.25, 0.3) is 11.8 Å². The summed E-state index contributed by atoms with van der Waals surface area (Å²) in [5.74, 6) is 10.9. The van der Waals surface area contributed by atoms with Gasteiger partial charge in [0.2, 0.25) is 5.92 Å². The molecule has 1 fully saturated rings. The number of methoxy groups -OCH3 is 2. The summed E-state index contributed by atoms with van der Waals surface area (Å²) in [4.78, 5) is 23.9. The van der Waals surface area contributed by atoms with Gasteiger partial charge < -0.3 is 34.3 Å². The molecular formula is C32H45N2O7+. The molecule has 2 rings (SSSR count). The molecule has 2 N–H and O–H groups in total. The van der Waals surface area contributed by atoms with Crippen LogP contribution in [0.5, 0.6) is 0 Å². The van der Waals surface area contributed by atoms with E-state index in [0.717, 1.165) is 5.56 Å². The van der Waals surface area contributed by atoms with Gasteiger partial charge in [-0.2, -0.15) is 0 Å². The second kappa shape index (κ2) is 22.6. The summed E-state index contributed by atoms with van der Waals surface area (Å²) in [7, 11) is 3.13. The molecule has 41 heavy (non-hydrogen) atoms. The summed E-state index contributed by atoms with van der Waals surface area (Å²) < 4.78 is 26.9. The maximum absolute atomic E-state index is 12.2. The van der Waals surface area contributed by atoms with E-state index in [2.05, 4.69) is 34.3 Å². The van der Waals surface area contributed by atoms with Crippen molar-refractivity contribution in [2.75, 3.05) is 67.0 Å². The number of amides is 2. The first-order valence-electron chi connectivity index (χ1n) is 14.4. The molecule has 0 saturated heterocycles. The lowest BCUT2D eigenvalue weighted by Crippen LogP contribution is -2.25. The fourth-order valence-corrected chi connectivity index (χ4v) is 4.18. The van der Waals surface area contributed by atoms with Crippen LogP contribution in [0.2, 0.25) is 0 Å². The van der Waals surface area contributed by atoms with Gasteiger partial charge in [-0.25, -0.2) is 0 Å². The molecule has 0 aliphatic heterocycles. The number of hydrogen-bond acceptors (Lipinski definition) is 7. The molecule has 0 radical (unpaired) electrons. The van der Waals surface area contributed by atoms with Crippen molar-refractivity contribution >= 4 is 11.8 Å². The number of rotatable bonds is 19. The SMILES string of the molecule is COC(OC)c1ccc(C(=O)NCCCOCCOCCOCCCNC(=O)C#CC#C[CH+]C2CCCCC2)cc1. The van der Waals surface area contributed by atoms with Crippen molar-refractivity contribution in [3.63, 3.8) is 0 Å². The second-order valence-electron chi connectivity index (χ2n) is 9.57. The molecule has 1 aliphatic rings. The molecule has 1 aromatic rings. The number of nitrogens with one attached hydrogen (secondary N) is 2. The van der Waals surface area contributed by atoms with Crippen molar-refractivity contribution in [2.24, 2.45) is 5.92 Å². The number of ether oxygens (including phenoxy) is 5. The van der Waals surface area contributed by atoms with E-state index in [1.807, 2.05) is 18.6 Å². The zero-order valence-corrected chi connectivity index (χ0v) is 24.5. The lowest BCUT2D eigenvalue weighted by Gasteiger charge is -2.14. The van der Waals surface area contributed by atoms with Crippen LogP contribution >= 0.6 is 0 Å². The van der Waals surface area contributed by atoms with Gasteiger partial charge in [-0.3, -0.25) is 9.59 Å². The minimum absolute atomic E-state index is 0.133. The Kier molecular flexibility index (Phi) is 18.8. The van der Waals surface area contributed by atoms with Gasteiger partial charge in [0.05, 0.1) is 32.3 Å². The largest absolute Gasteiger partial charge is 0.379 e. The third-order valence-corrected chi connectivity index (χ3v) is 6.40. The highest BCUT2D eigenvalue weighted by Crippen LogP contribution is 2.25.